The number of ether oxygens (including phenoxy) is 1. The fraction of sp³-hybridized carbons (Fsp3) is 0.562. The second-order valence-corrected chi connectivity index (χ2v) is 6.08. The Morgan fingerprint density at radius 1 is 1.23 bits per heavy atom. The summed E-state index contributed by atoms with van der Waals surface area (Å²) in [6.07, 6.45) is -8.93. The van der Waals surface area contributed by atoms with E-state index in [4.69, 9.17) is 0 Å². The molecule has 1 fully saturated rings. The Bertz CT molecular complexity index is 645. The van der Waals surface area contributed by atoms with E-state index in [0.717, 1.165) is 0 Å². The van der Waals surface area contributed by atoms with E-state index in [1.807, 2.05) is 0 Å². The van der Waals surface area contributed by atoms with Gasteiger partial charge in [0, 0.05) is 19.1 Å². The maximum Gasteiger partial charge on any atom is 0.416 e. The van der Waals surface area contributed by atoms with E-state index in [1.165, 1.54) is 7.11 Å². The molecule has 26 heavy (non-hydrogen) atoms. The molecule has 1 heterocycles. The van der Waals surface area contributed by atoms with E-state index in [9.17, 15) is 31.1 Å². The molecular formula is C16H18F6N2O2. The van der Waals surface area contributed by atoms with Crippen LogP contribution in [0.25, 0.3) is 0 Å². The molecule has 0 saturated carbocycles. The summed E-state index contributed by atoms with van der Waals surface area (Å²) in [5, 5.41) is 2.56. The van der Waals surface area contributed by atoms with Gasteiger partial charge in [0.25, 0.3) is 0 Å². The molecule has 0 spiro atoms. The third-order valence-corrected chi connectivity index (χ3v) is 4.14. The summed E-state index contributed by atoms with van der Waals surface area (Å²) in [4.78, 5) is 12.9. The van der Waals surface area contributed by atoms with Crippen molar-refractivity contribution in [1.82, 2.24) is 10.2 Å². The molecule has 0 aromatic heterocycles. The molecule has 0 radical (unpaired) electrons. The van der Waals surface area contributed by atoms with E-state index in [0.29, 0.717) is 37.6 Å². The van der Waals surface area contributed by atoms with Crippen molar-refractivity contribution in [2.45, 2.75) is 37.8 Å². The first-order valence-electron chi connectivity index (χ1n) is 7.85. The molecule has 1 N–H and O–H groups in total. The molecule has 2 rings (SSSR count). The van der Waals surface area contributed by atoms with Crippen LogP contribution in [-0.4, -0.2) is 37.2 Å². The van der Waals surface area contributed by atoms with Gasteiger partial charge >= 0.3 is 18.4 Å². The molecule has 0 bridgehead atoms. The zero-order valence-corrected chi connectivity index (χ0v) is 13.9. The first-order chi connectivity index (χ1) is 12.0. The largest absolute Gasteiger partial charge is 0.453 e. The van der Waals surface area contributed by atoms with E-state index < -0.39 is 35.1 Å². The molecule has 1 atom stereocenters. The second-order valence-electron chi connectivity index (χ2n) is 6.08. The van der Waals surface area contributed by atoms with Crippen molar-refractivity contribution >= 4 is 6.09 Å². The van der Waals surface area contributed by atoms with Crippen LogP contribution in [0, 0.1) is 0 Å². The lowest BCUT2D eigenvalue weighted by Crippen LogP contribution is -2.47. The summed E-state index contributed by atoms with van der Waals surface area (Å²) in [5.74, 6) is 0. The topological polar surface area (TPSA) is 41.6 Å². The van der Waals surface area contributed by atoms with Crippen LogP contribution in [0.3, 0.4) is 0 Å². The van der Waals surface area contributed by atoms with E-state index in [1.54, 1.807) is 4.90 Å². The Balaban J connectivity index is 2.22. The zero-order valence-electron chi connectivity index (χ0n) is 13.9. The van der Waals surface area contributed by atoms with Gasteiger partial charge < -0.3 is 10.1 Å². The van der Waals surface area contributed by atoms with Gasteiger partial charge in [-0.15, -0.1) is 0 Å². The maximum absolute atomic E-state index is 13.2. The quantitative estimate of drug-likeness (QED) is 0.800. The number of piperidine rings is 1. The number of methoxy groups -OCH3 is 1. The Labute approximate surface area is 146 Å². The number of carbonyl (C=O) groups is 1. The standard InChI is InChI=1S/C16H18F6N2O2/c1-26-14(25)23-12-3-2-6-24(9-12)8-10-7-11(15(17,18)19)4-5-13(10)16(20,21)22/h4-5,7,12H,2-3,6,8-9H2,1H3,(H,23,25). The predicted molar refractivity (Wildman–Crippen MR) is 80.3 cm³/mol. The average Bonchev–Trinajstić information content (AvgIpc) is 2.53. The number of alkyl carbamates (subject to hydrolysis) is 1. The van der Waals surface area contributed by atoms with Crippen molar-refractivity contribution < 1.29 is 35.9 Å². The highest BCUT2D eigenvalue weighted by Crippen LogP contribution is 2.37. The summed E-state index contributed by atoms with van der Waals surface area (Å²) < 4.78 is 82.5. The van der Waals surface area contributed by atoms with Crippen LogP contribution in [-0.2, 0) is 23.6 Å². The van der Waals surface area contributed by atoms with Crippen LogP contribution in [0.5, 0.6) is 0 Å². The summed E-state index contributed by atoms with van der Waals surface area (Å²) in [6.45, 7) is 0.355. The van der Waals surface area contributed by atoms with Crippen LogP contribution >= 0.6 is 0 Å². The Kier molecular flexibility index (Phi) is 6.05. The third kappa shape index (κ3) is 5.26. The first kappa shape index (κ1) is 20.3. The summed E-state index contributed by atoms with van der Waals surface area (Å²) in [7, 11) is 1.19. The van der Waals surface area contributed by atoms with Crippen LogP contribution in [0.15, 0.2) is 18.2 Å². The van der Waals surface area contributed by atoms with Crippen molar-refractivity contribution in [2.24, 2.45) is 0 Å². The first-order valence-corrected chi connectivity index (χ1v) is 7.85. The number of halogens is 6. The monoisotopic (exact) mass is 384 g/mol. The van der Waals surface area contributed by atoms with Gasteiger partial charge in [-0.3, -0.25) is 4.90 Å². The van der Waals surface area contributed by atoms with Gasteiger partial charge in [-0.2, -0.15) is 26.3 Å². The van der Waals surface area contributed by atoms with Crippen LogP contribution in [0.1, 0.15) is 29.5 Å². The van der Waals surface area contributed by atoms with Gasteiger partial charge in [0.05, 0.1) is 18.2 Å². The number of benzene rings is 1. The smallest absolute Gasteiger partial charge is 0.416 e. The fourth-order valence-corrected chi connectivity index (χ4v) is 2.96. The van der Waals surface area contributed by atoms with Crippen molar-refractivity contribution in [1.29, 1.82) is 0 Å². The van der Waals surface area contributed by atoms with Gasteiger partial charge in [-0.25, -0.2) is 4.79 Å². The number of hydrogen-bond acceptors (Lipinski definition) is 3. The molecule has 1 unspecified atom stereocenters. The van der Waals surface area contributed by atoms with E-state index in [2.05, 4.69) is 10.1 Å². The minimum Gasteiger partial charge on any atom is -0.453 e. The molecular weight excluding hydrogens is 366 g/mol. The van der Waals surface area contributed by atoms with Gasteiger partial charge in [0.2, 0.25) is 0 Å². The minimum atomic E-state index is -4.75. The van der Waals surface area contributed by atoms with E-state index in [-0.39, 0.29) is 19.1 Å². The molecule has 146 valence electrons. The number of carbonyl (C=O) groups excluding carboxylic acids is 1. The molecule has 1 amide bonds. The highest BCUT2D eigenvalue weighted by molar-refractivity contribution is 5.67. The lowest BCUT2D eigenvalue weighted by atomic mass is 10.00. The summed E-state index contributed by atoms with van der Waals surface area (Å²) in [5.41, 5.74) is -2.65. The number of amides is 1. The van der Waals surface area contributed by atoms with Crippen molar-refractivity contribution in [2.75, 3.05) is 20.2 Å². The number of nitrogens with zero attached hydrogens (tertiary/aromatic N) is 1. The third-order valence-electron chi connectivity index (χ3n) is 4.14. The molecule has 1 aromatic rings. The van der Waals surface area contributed by atoms with Crippen molar-refractivity contribution in [3.63, 3.8) is 0 Å². The van der Waals surface area contributed by atoms with Gasteiger partial charge in [-0.1, -0.05) is 0 Å². The van der Waals surface area contributed by atoms with Gasteiger partial charge in [0.1, 0.15) is 0 Å². The Morgan fingerprint density at radius 2 is 1.92 bits per heavy atom. The normalized spacial score (nSPS) is 19.3. The van der Waals surface area contributed by atoms with Crippen LogP contribution in [0.2, 0.25) is 0 Å². The number of rotatable bonds is 3. The zero-order chi connectivity index (χ0) is 19.5. The SMILES string of the molecule is COC(=O)NC1CCCN(Cc2cc(C(F)(F)F)ccc2C(F)(F)F)C1. The Morgan fingerprint density at radius 3 is 2.50 bits per heavy atom. The minimum absolute atomic E-state index is 0.225. The lowest BCUT2D eigenvalue weighted by Gasteiger charge is -2.33. The molecule has 1 aliphatic heterocycles. The fourth-order valence-electron chi connectivity index (χ4n) is 2.96. The summed E-state index contributed by atoms with van der Waals surface area (Å²) in [6, 6.07) is 1.10. The molecule has 0 aliphatic carbocycles. The molecule has 1 aromatic carbocycles. The van der Waals surface area contributed by atoms with Crippen molar-refractivity contribution in [3.8, 4) is 0 Å². The number of hydrogen-bond donors (Lipinski definition) is 1. The number of likely N-dealkylation sites (tertiary alicyclic amines) is 1. The second kappa shape index (κ2) is 7.73. The highest BCUT2D eigenvalue weighted by Gasteiger charge is 2.37. The number of nitrogens with one attached hydrogen (secondary N) is 1. The lowest BCUT2D eigenvalue weighted by molar-refractivity contribution is -0.142. The predicted octanol–water partition coefficient (Wildman–Crippen LogP) is 4.04. The molecule has 1 saturated heterocycles. The van der Waals surface area contributed by atoms with Crippen LogP contribution < -0.4 is 5.32 Å². The highest BCUT2D eigenvalue weighted by atomic mass is 19.4. The van der Waals surface area contributed by atoms with Gasteiger partial charge in [-0.05, 0) is 43.1 Å². The summed E-state index contributed by atoms with van der Waals surface area (Å²) >= 11 is 0. The van der Waals surface area contributed by atoms with Crippen LogP contribution in [0.4, 0.5) is 31.1 Å². The molecule has 1 aliphatic rings. The molecule has 4 nitrogen and oxygen atoms in total. The number of alkyl halides is 6. The maximum atomic E-state index is 13.2. The molecule has 10 heteroatoms. The van der Waals surface area contributed by atoms with Crippen molar-refractivity contribution in [3.05, 3.63) is 34.9 Å². The average molecular weight is 384 g/mol. The van der Waals surface area contributed by atoms with E-state index >= 15 is 0 Å². The Hall–Kier alpha value is -1.97. The van der Waals surface area contributed by atoms with Gasteiger partial charge in [0.15, 0.2) is 0 Å².